The molecule has 2 rings (SSSR count). The minimum Gasteiger partial charge on any atom is -0.462 e. The van der Waals surface area contributed by atoms with Gasteiger partial charge in [0, 0.05) is 60.2 Å². The summed E-state index contributed by atoms with van der Waals surface area (Å²) >= 11 is 0. The molecule has 0 bridgehead atoms. The van der Waals surface area contributed by atoms with E-state index in [2.05, 4.69) is 0 Å². The molecule has 0 spiro atoms. The first-order valence-electron chi connectivity index (χ1n) is 35.6. The van der Waals surface area contributed by atoms with Crippen molar-refractivity contribution in [1.82, 2.24) is 0 Å². The van der Waals surface area contributed by atoms with Crippen LogP contribution in [0.25, 0.3) is 0 Å². The highest BCUT2D eigenvalue weighted by Crippen LogP contribution is 2.33. The largest absolute Gasteiger partial charge is 0.462 e. The first-order valence-corrected chi connectivity index (χ1v) is 35.6. The molecule has 558 valence electrons. The Labute approximate surface area is 567 Å². The van der Waals surface area contributed by atoms with Crippen molar-refractivity contribution in [3.63, 3.8) is 0 Å². The third kappa shape index (κ3) is 30.4. The molecule has 0 saturated carbocycles. The zero-order valence-electron chi connectivity index (χ0n) is 59.3. The van der Waals surface area contributed by atoms with Crippen molar-refractivity contribution in [3.8, 4) is 0 Å². The van der Waals surface area contributed by atoms with Gasteiger partial charge < -0.3 is 112 Å². The van der Waals surface area contributed by atoms with E-state index in [4.69, 9.17) is 19.9 Å². The summed E-state index contributed by atoms with van der Waals surface area (Å²) in [7, 11) is 0. The molecule has 31 atom stereocenters. The van der Waals surface area contributed by atoms with Crippen LogP contribution in [0.4, 0.5) is 0 Å². The molecule has 0 aromatic carbocycles. The zero-order valence-corrected chi connectivity index (χ0v) is 59.3. The van der Waals surface area contributed by atoms with Gasteiger partial charge in [0.15, 0.2) is 6.29 Å². The summed E-state index contributed by atoms with van der Waals surface area (Å²) in [6.45, 7) is 20.3. The topological polar surface area (TPSA) is 435 Å². The predicted molar refractivity (Wildman–Crippen MR) is 362 cm³/mol. The number of cyclic esters (lactones) is 1. The summed E-state index contributed by atoms with van der Waals surface area (Å²) < 4.78 is 17.8. The van der Waals surface area contributed by atoms with E-state index in [9.17, 15) is 96.7 Å². The summed E-state index contributed by atoms with van der Waals surface area (Å²) in [6.07, 6.45) is -10.2. The van der Waals surface area contributed by atoms with Crippen molar-refractivity contribution in [1.29, 1.82) is 0 Å². The maximum Gasteiger partial charge on any atom is 0.306 e. The number of aliphatic hydroxyl groups is 18. The number of hydrogen-bond donors (Lipinski definition) is 19. The van der Waals surface area contributed by atoms with Crippen molar-refractivity contribution >= 4 is 5.97 Å². The second-order valence-corrected chi connectivity index (χ2v) is 29.0. The molecule has 0 aromatic heterocycles. The molecule has 0 aromatic rings. The molecule has 0 aliphatic carbocycles. The summed E-state index contributed by atoms with van der Waals surface area (Å²) in [5, 5.41) is 200. The van der Waals surface area contributed by atoms with Gasteiger partial charge in [-0.05, 0) is 114 Å². The maximum atomic E-state index is 13.5. The SMILES string of the molecule is C/C1=C\C(C)C(O)/C(C)=C/C(O[C@@H]2O[C@@H](CO)[C@H](O)[C@@H](O)[C@H]2O)C(O)C(C)C(O)CC(O)/C=C/C(C)C(O)C(C)CCC(O)CC(O)C(C)C(O)C(C)C(O)CC(O)CC(O)C(C)C(C(C)CCCCCCN)OC(=O)CCCCCC(O)C(C)C(O)CC/C=C/C(C)C1O. The fourth-order valence-corrected chi connectivity index (χ4v) is 13.2. The van der Waals surface area contributed by atoms with Crippen molar-refractivity contribution < 1.29 is 111 Å². The minimum absolute atomic E-state index is 0.104. The molecule has 2 heterocycles. The van der Waals surface area contributed by atoms with Gasteiger partial charge in [0.05, 0.1) is 92.1 Å². The van der Waals surface area contributed by atoms with Crippen LogP contribution < -0.4 is 5.73 Å². The molecule has 0 amide bonds. The maximum absolute atomic E-state index is 13.5. The van der Waals surface area contributed by atoms with Gasteiger partial charge in [0.1, 0.15) is 36.6 Å². The highest BCUT2D eigenvalue weighted by atomic mass is 16.7. The number of nitrogens with two attached hydrogens (primary N) is 1. The lowest BCUT2D eigenvalue weighted by molar-refractivity contribution is -0.314. The monoisotopic (exact) mass is 1360 g/mol. The molecule has 23 heteroatoms. The third-order valence-electron chi connectivity index (χ3n) is 20.8. The predicted octanol–water partition coefficient (Wildman–Crippen LogP) is 3.50. The Morgan fingerprint density at radius 1 is 0.516 bits per heavy atom. The van der Waals surface area contributed by atoms with E-state index in [-0.39, 0.29) is 55.9 Å². The third-order valence-corrected chi connectivity index (χ3v) is 20.8. The average Bonchev–Trinajstić information content (AvgIpc) is 0.820. The van der Waals surface area contributed by atoms with Crippen LogP contribution >= 0.6 is 0 Å². The number of ether oxygens (including phenoxy) is 3. The molecule has 23 nitrogen and oxygen atoms in total. The Hall–Kier alpha value is -2.41. The van der Waals surface area contributed by atoms with Gasteiger partial charge in [-0.25, -0.2) is 0 Å². The van der Waals surface area contributed by atoms with Crippen LogP contribution in [0.2, 0.25) is 0 Å². The van der Waals surface area contributed by atoms with Crippen molar-refractivity contribution in [3.05, 3.63) is 47.6 Å². The van der Waals surface area contributed by atoms with Gasteiger partial charge >= 0.3 is 5.97 Å². The first kappa shape index (κ1) is 88.7. The molecular formula is C72H133NO22. The normalized spacial score (nSPS) is 44.3. The highest BCUT2D eigenvalue weighted by molar-refractivity contribution is 5.69. The number of unbranched alkanes of at least 4 members (excludes halogenated alkanes) is 3. The van der Waals surface area contributed by atoms with Crippen LogP contribution in [0.3, 0.4) is 0 Å². The van der Waals surface area contributed by atoms with Crippen LogP contribution in [0, 0.1) is 59.2 Å². The second-order valence-electron chi connectivity index (χ2n) is 29.0. The Kier molecular flexibility index (Phi) is 42.4. The number of carbonyl (C=O) groups excluding carboxylic acids is 1. The quantitative estimate of drug-likeness (QED) is 0.0845. The number of rotatable bonds is 10. The van der Waals surface area contributed by atoms with Gasteiger partial charge in [0.2, 0.25) is 0 Å². The average molecular weight is 1360 g/mol. The van der Waals surface area contributed by atoms with Crippen LogP contribution in [0.1, 0.15) is 199 Å². The number of esters is 1. The van der Waals surface area contributed by atoms with Gasteiger partial charge in [-0.3, -0.25) is 4.79 Å². The number of allylic oxidation sites excluding steroid dienone is 1. The van der Waals surface area contributed by atoms with Gasteiger partial charge in [-0.15, -0.1) is 0 Å². The fraction of sp³-hybridized carbons (Fsp3) is 0.875. The standard InChI is InChI=1S/C72H133NO22/c1-39-22-19-20-25-55(79)46(8)54(78)24-17-15-18-26-62(84)95-71(42(4)23-16-13-14-21-31-73)50(12)59(83)37-53(77)36-58(82)48(10)66(88)47(9)56(80)34-51(75)29-27-40(2)63(85)41(3)28-30-52(76)35-57(81)49(11)67(89)60(33-45(7)65(87)44(6)32-43(5)64(39)86)93-72-70(92)69(91)68(90)61(38-74)94-72/h19,22,28,30,32-33,39-42,44,46-61,63-72,74-83,85-92H,13-18,20-21,23-27,29,31,34-38,73H2,1-12H3/b22-19+,30-28+,43-32+,45-33+/t39?,40?,41?,42?,44?,46?,47?,48?,49?,50?,51?,52?,53?,54?,55?,56?,57?,58?,59?,60?,61-,63?,64?,65?,66?,67?,68-,69+,70+,71?,72+/m0/s1. The molecule has 2 aliphatic rings. The smallest absolute Gasteiger partial charge is 0.306 e. The lowest BCUT2D eigenvalue weighted by Gasteiger charge is -2.41. The molecule has 1 saturated heterocycles. The lowest BCUT2D eigenvalue weighted by Crippen LogP contribution is -2.60. The van der Waals surface area contributed by atoms with E-state index in [0.717, 1.165) is 32.1 Å². The first-order chi connectivity index (χ1) is 44.5. The number of carbonyl (C=O) groups is 1. The Balaban J connectivity index is 2.44. The van der Waals surface area contributed by atoms with E-state index >= 15 is 0 Å². The Morgan fingerprint density at radius 2 is 1.06 bits per heavy atom. The van der Waals surface area contributed by atoms with E-state index in [0.29, 0.717) is 57.1 Å². The number of hydrogen-bond acceptors (Lipinski definition) is 23. The van der Waals surface area contributed by atoms with Gasteiger partial charge in [-0.2, -0.15) is 0 Å². The molecule has 2 aliphatic heterocycles. The number of aliphatic hydroxyl groups excluding tert-OH is 18. The van der Waals surface area contributed by atoms with Crippen LogP contribution in [0.5, 0.6) is 0 Å². The minimum atomic E-state index is -1.87. The summed E-state index contributed by atoms with van der Waals surface area (Å²) in [5.41, 5.74) is 6.49. The van der Waals surface area contributed by atoms with E-state index in [1.54, 1.807) is 74.5 Å². The molecule has 1 fully saturated rings. The van der Waals surface area contributed by atoms with E-state index < -0.39 is 188 Å². The van der Waals surface area contributed by atoms with Crippen molar-refractivity contribution in [2.75, 3.05) is 13.2 Å². The molecule has 95 heavy (non-hydrogen) atoms. The highest BCUT2D eigenvalue weighted by Gasteiger charge is 2.46. The molecular weight excluding hydrogens is 1230 g/mol. The van der Waals surface area contributed by atoms with E-state index in [1.807, 2.05) is 26.0 Å². The molecule has 0 radical (unpaired) electrons. The van der Waals surface area contributed by atoms with Crippen LogP contribution in [-0.2, 0) is 19.0 Å². The Morgan fingerprint density at radius 3 is 1.67 bits per heavy atom. The summed E-state index contributed by atoms with van der Waals surface area (Å²) in [4.78, 5) is 13.5. The molecule has 20 N–H and O–H groups in total. The molecule has 26 unspecified atom stereocenters. The van der Waals surface area contributed by atoms with Gasteiger partial charge in [0.25, 0.3) is 0 Å². The van der Waals surface area contributed by atoms with Crippen molar-refractivity contribution in [2.24, 2.45) is 64.9 Å². The Bertz CT molecular complexity index is 2190. The summed E-state index contributed by atoms with van der Waals surface area (Å²) in [6, 6.07) is 0. The van der Waals surface area contributed by atoms with E-state index in [1.165, 1.54) is 19.1 Å². The van der Waals surface area contributed by atoms with Crippen molar-refractivity contribution in [2.45, 2.75) is 327 Å². The second kappa shape index (κ2) is 45.5. The van der Waals surface area contributed by atoms with Crippen LogP contribution in [-0.4, -0.2) is 239 Å². The van der Waals surface area contributed by atoms with Gasteiger partial charge in [-0.1, -0.05) is 138 Å². The van der Waals surface area contributed by atoms with Crippen LogP contribution in [0.15, 0.2) is 47.6 Å². The zero-order chi connectivity index (χ0) is 72.1. The lowest BCUT2D eigenvalue weighted by atomic mass is 9.81. The fourth-order valence-electron chi connectivity index (χ4n) is 13.2. The summed E-state index contributed by atoms with van der Waals surface area (Å²) in [5.74, 6) is -6.35.